The fourth-order valence-corrected chi connectivity index (χ4v) is 2.53. The Hall–Kier alpha value is -1.61. The van der Waals surface area contributed by atoms with E-state index in [1.54, 1.807) is 0 Å². The number of aromatic nitrogens is 1. The summed E-state index contributed by atoms with van der Waals surface area (Å²) in [5, 5.41) is 0. The van der Waals surface area contributed by atoms with Crippen molar-refractivity contribution in [3.8, 4) is 0 Å². The molecule has 0 radical (unpaired) electrons. The Labute approximate surface area is 157 Å². The van der Waals surface area contributed by atoms with E-state index >= 15 is 0 Å². The van der Waals surface area contributed by atoms with Crippen LogP contribution in [0.15, 0.2) is 48.8 Å². The second-order valence-electron chi connectivity index (χ2n) is 6.25. The lowest BCUT2D eigenvalue weighted by Crippen LogP contribution is -3.00. The number of hydrogen-bond donors (Lipinski definition) is 0. The van der Waals surface area contributed by atoms with E-state index in [1.165, 1.54) is 42.5 Å². The van der Waals surface area contributed by atoms with Gasteiger partial charge < -0.3 is 21.9 Å². The molecule has 24 heavy (non-hydrogen) atoms. The van der Waals surface area contributed by atoms with Gasteiger partial charge in [0.15, 0.2) is 12.4 Å². The summed E-state index contributed by atoms with van der Waals surface area (Å²) in [5.41, 5.74) is 3.70. The molecule has 0 spiro atoms. The van der Waals surface area contributed by atoms with Crippen molar-refractivity contribution in [3.05, 3.63) is 59.9 Å². The van der Waals surface area contributed by atoms with E-state index in [9.17, 15) is 0 Å². The summed E-state index contributed by atoms with van der Waals surface area (Å²) in [5.74, 6) is 0. The maximum atomic E-state index is 2.28. The quantitative estimate of drug-likeness (QED) is 0.493. The highest BCUT2D eigenvalue weighted by Crippen LogP contribution is 2.14. The smallest absolute Gasteiger partial charge is 0.169 e. The van der Waals surface area contributed by atoms with E-state index in [-0.39, 0.29) is 17.0 Å². The van der Waals surface area contributed by atoms with Crippen molar-refractivity contribution >= 4 is 17.8 Å². The average Bonchev–Trinajstić information content (AvgIpc) is 2.58. The van der Waals surface area contributed by atoms with Gasteiger partial charge in [0, 0.05) is 38.3 Å². The highest BCUT2D eigenvalue weighted by molar-refractivity contribution is 5.70. The molecule has 0 aliphatic heterocycles. The molecule has 3 heteroatoms. The Bertz CT molecular complexity index is 601. The van der Waals surface area contributed by atoms with Gasteiger partial charge in [-0.3, -0.25) is 0 Å². The van der Waals surface area contributed by atoms with Gasteiger partial charge in [0.1, 0.15) is 6.54 Å². The van der Waals surface area contributed by atoms with Crippen LogP contribution in [0.2, 0.25) is 0 Å². The van der Waals surface area contributed by atoms with Gasteiger partial charge in [-0.15, -0.1) is 0 Å². The van der Waals surface area contributed by atoms with Crippen molar-refractivity contribution in [2.75, 3.05) is 19.0 Å². The minimum absolute atomic E-state index is 0. The van der Waals surface area contributed by atoms with Crippen molar-refractivity contribution in [3.63, 3.8) is 0 Å². The normalized spacial score (nSPS) is 10.6. The first-order chi connectivity index (χ1) is 11.2. The zero-order valence-electron chi connectivity index (χ0n) is 15.1. The molecule has 1 aromatic heterocycles. The Morgan fingerprint density at radius 2 is 1.42 bits per heavy atom. The Morgan fingerprint density at radius 1 is 0.833 bits per heavy atom. The molecule has 1 aromatic carbocycles. The summed E-state index contributed by atoms with van der Waals surface area (Å²) in [6.45, 7) is 3.37. The minimum Gasteiger partial charge on any atom is -1.00 e. The molecule has 0 unspecified atom stereocenters. The van der Waals surface area contributed by atoms with Crippen LogP contribution in [0.1, 0.15) is 43.7 Å². The molecule has 1 heterocycles. The largest absolute Gasteiger partial charge is 1.00 e. The maximum Gasteiger partial charge on any atom is 0.169 e. The maximum absolute atomic E-state index is 2.28. The van der Waals surface area contributed by atoms with Gasteiger partial charge in [-0.25, -0.2) is 4.57 Å². The minimum atomic E-state index is 0. The molecule has 2 aromatic rings. The van der Waals surface area contributed by atoms with E-state index in [0.29, 0.717) is 0 Å². The van der Waals surface area contributed by atoms with Crippen LogP contribution in [0.25, 0.3) is 12.2 Å². The summed E-state index contributed by atoms with van der Waals surface area (Å²) < 4.78 is 2.28. The molecule has 0 aliphatic rings. The van der Waals surface area contributed by atoms with Crippen molar-refractivity contribution in [2.24, 2.45) is 0 Å². The number of nitrogens with zero attached hydrogens (tertiary/aromatic N) is 2. The SMILES string of the molecule is CCCCCC[n+]1ccc(/C=C/c2ccc(N(C)C)cc2)cc1.[Br-]. The monoisotopic (exact) mass is 388 g/mol. The molecule has 2 rings (SSSR count). The van der Waals surface area contributed by atoms with Crippen molar-refractivity contribution in [1.29, 1.82) is 0 Å². The predicted octanol–water partition coefficient (Wildman–Crippen LogP) is 1.79. The molecule has 0 aliphatic carbocycles. The van der Waals surface area contributed by atoms with Crippen LogP contribution in [0, 0.1) is 0 Å². The molecule has 2 nitrogen and oxygen atoms in total. The molecule has 0 amide bonds. The van der Waals surface area contributed by atoms with Gasteiger partial charge in [0.25, 0.3) is 0 Å². The van der Waals surface area contributed by atoms with E-state index in [1.807, 2.05) is 0 Å². The van der Waals surface area contributed by atoms with Crippen LogP contribution in [0.3, 0.4) is 0 Å². The van der Waals surface area contributed by atoms with E-state index in [4.69, 9.17) is 0 Å². The zero-order valence-corrected chi connectivity index (χ0v) is 16.7. The van der Waals surface area contributed by atoms with Crippen LogP contribution in [0.5, 0.6) is 0 Å². The standard InChI is InChI=1S/C21H29N2.BrH/c1-4-5-6-7-16-23-17-14-20(15-18-23)9-8-19-10-12-21(13-11-19)22(2)3;/h8-15,17-18H,4-7,16H2,1-3H3;1H/q+1;/p-1. The lowest BCUT2D eigenvalue weighted by Gasteiger charge is -2.11. The van der Waals surface area contributed by atoms with Gasteiger partial charge in [-0.1, -0.05) is 44.1 Å². The van der Waals surface area contributed by atoms with Gasteiger partial charge in [0.2, 0.25) is 0 Å². The summed E-state index contributed by atoms with van der Waals surface area (Å²) in [4.78, 5) is 2.12. The second-order valence-corrected chi connectivity index (χ2v) is 6.25. The molecule has 0 saturated carbocycles. The number of pyridine rings is 1. The topological polar surface area (TPSA) is 7.12 Å². The summed E-state index contributed by atoms with van der Waals surface area (Å²) >= 11 is 0. The highest BCUT2D eigenvalue weighted by atomic mass is 79.9. The number of benzene rings is 1. The molecular formula is C21H29BrN2. The Morgan fingerprint density at radius 3 is 1.96 bits per heavy atom. The lowest BCUT2D eigenvalue weighted by atomic mass is 10.1. The number of unbranched alkanes of at least 4 members (excludes halogenated alkanes) is 3. The summed E-state index contributed by atoms with van der Waals surface area (Å²) in [6.07, 6.45) is 13.9. The molecule has 0 bridgehead atoms. The first-order valence-corrected chi connectivity index (χ1v) is 8.63. The summed E-state index contributed by atoms with van der Waals surface area (Å²) in [6, 6.07) is 13.0. The molecule has 130 valence electrons. The van der Waals surface area contributed by atoms with Crippen LogP contribution >= 0.6 is 0 Å². The van der Waals surface area contributed by atoms with Crippen molar-refractivity contribution in [1.82, 2.24) is 0 Å². The van der Waals surface area contributed by atoms with E-state index in [2.05, 4.69) is 91.4 Å². The number of anilines is 1. The van der Waals surface area contributed by atoms with Gasteiger partial charge in [-0.05, 0) is 29.7 Å². The number of rotatable bonds is 8. The first-order valence-electron chi connectivity index (χ1n) is 8.63. The highest BCUT2D eigenvalue weighted by Gasteiger charge is 1.99. The molecular weight excluding hydrogens is 360 g/mol. The van der Waals surface area contributed by atoms with Crippen LogP contribution < -0.4 is 26.4 Å². The van der Waals surface area contributed by atoms with Gasteiger partial charge in [-0.2, -0.15) is 0 Å². The molecule has 0 N–H and O–H groups in total. The Balaban J connectivity index is 0.00000288. The van der Waals surface area contributed by atoms with Crippen LogP contribution in [-0.2, 0) is 6.54 Å². The van der Waals surface area contributed by atoms with E-state index in [0.717, 1.165) is 6.54 Å². The first kappa shape index (κ1) is 20.4. The average molecular weight is 389 g/mol. The second kappa shape index (κ2) is 11.0. The summed E-state index contributed by atoms with van der Waals surface area (Å²) in [7, 11) is 4.12. The number of aryl methyl sites for hydroxylation is 1. The third-order valence-corrected chi connectivity index (χ3v) is 4.06. The Kier molecular flexibility index (Phi) is 9.39. The zero-order chi connectivity index (χ0) is 16.5. The van der Waals surface area contributed by atoms with Crippen molar-refractivity contribution < 1.29 is 21.5 Å². The number of hydrogen-bond acceptors (Lipinski definition) is 1. The third-order valence-electron chi connectivity index (χ3n) is 4.06. The predicted molar refractivity (Wildman–Crippen MR) is 100 cm³/mol. The molecule has 0 saturated heterocycles. The lowest BCUT2D eigenvalue weighted by molar-refractivity contribution is -0.697. The molecule has 0 atom stereocenters. The third kappa shape index (κ3) is 6.88. The van der Waals surface area contributed by atoms with Crippen molar-refractivity contribution in [2.45, 2.75) is 39.2 Å². The van der Waals surface area contributed by atoms with Gasteiger partial charge >= 0.3 is 0 Å². The fourth-order valence-electron chi connectivity index (χ4n) is 2.53. The fraction of sp³-hybridized carbons (Fsp3) is 0.381. The van der Waals surface area contributed by atoms with Crippen LogP contribution in [-0.4, -0.2) is 14.1 Å². The van der Waals surface area contributed by atoms with Gasteiger partial charge in [0.05, 0.1) is 0 Å². The molecule has 0 fully saturated rings. The number of halogens is 1. The van der Waals surface area contributed by atoms with E-state index < -0.39 is 0 Å². The van der Waals surface area contributed by atoms with Crippen LogP contribution in [0.4, 0.5) is 5.69 Å².